The Kier molecular flexibility index (Phi) is 4.54. The number of hydrogen-bond donors (Lipinski definition) is 1. The molecule has 3 rings (SSSR count). The van der Waals surface area contributed by atoms with Crippen LogP contribution in [0, 0.1) is 18.8 Å². The first-order valence-corrected chi connectivity index (χ1v) is 8.65. The highest BCUT2D eigenvalue weighted by molar-refractivity contribution is 5.43. The summed E-state index contributed by atoms with van der Waals surface area (Å²) in [6, 6.07) is 7.70. The van der Waals surface area contributed by atoms with Gasteiger partial charge in [0.2, 0.25) is 0 Å². The Morgan fingerprint density at radius 3 is 2.81 bits per heavy atom. The molecule has 4 unspecified atom stereocenters. The van der Waals surface area contributed by atoms with Gasteiger partial charge in [-0.3, -0.25) is 0 Å². The predicted octanol–water partition coefficient (Wildman–Crippen LogP) is 4.62. The first-order valence-electron chi connectivity index (χ1n) is 8.65. The van der Waals surface area contributed by atoms with E-state index in [1.165, 1.54) is 36.8 Å². The molecule has 1 fully saturated rings. The van der Waals surface area contributed by atoms with E-state index in [4.69, 9.17) is 4.74 Å². The fraction of sp³-hybridized carbons (Fsp3) is 0.684. The van der Waals surface area contributed by atoms with Gasteiger partial charge in [0.1, 0.15) is 5.75 Å². The predicted molar refractivity (Wildman–Crippen MR) is 87.8 cm³/mol. The zero-order chi connectivity index (χ0) is 14.8. The summed E-state index contributed by atoms with van der Waals surface area (Å²) in [6.07, 6.45) is 6.41. The zero-order valence-electron chi connectivity index (χ0n) is 13.7. The smallest absolute Gasteiger partial charge is 0.126 e. The van der Waals surface area contributed by atoms with Gasteiger partial charge >= 0.3 is 0 Å². The van der Waals surface area contributed by atoms with E-state index < -0.39 is 0 Å². The van der Waals surface area contributed by atoms with Crippen molar-refractivity contribution in [2.45, 2.75) is 65.0 Å². The maximum Gasteiger partial charge on any atom is 0.126 e. The van der Waals surface area contributed by atoms with Gasteiger partial charge in [0.05, 0.1) is 6.61 Å². The lowest BCUT2D eigenvalue weighted by Gasteiger charge is -2.37. The van der Waals surface area contributed by atoms with Crippen LogP contribution in [-0.4, -0.2) is 12.6 Å². The second kappa shape index (κ2) is 6.39. The molecule has 0 radical (unpaired) electrons. The van der Waals surface area contributed by atoms with E-state index in [9.17, 15) is 0 Å². The second-order valence-electron chi connectivity index (χ2n) is 7.08. The third kappa shape index (κ3) is 3.11. The van der Waals surface area contributed by atoms with Crippen molar-refractivity contribution >= 4 is 0 Å². The van der Waals surface area contributed by atoms with Gasteiger partial charge in [0, 0.05) is 17.6 Å². The van der Waals surface area contributed by atoms with Gasteiger partial charge in [-0.1, -0.05) is 44.9 Å². The van der Waals surface area contributed by atoms with Crippen molar-refractivity contribution < 1.29 is 4.74 Å². The van der Waals surface area contributed by atoms with E-state index in [2.05, 4.69) is 44.3 Å². The van der Waals surface area contributed by atoms with Gasteiger partial charge in [0.25, 0.3) is 0 Å². The summed E-state index contributed by atoms with van der Waals surface area (Å²) in [7, 11) is 0. The molecule has 21 heavy (non-hydrogen) atoms. The Bertz CT molecular complexity index is 484. The molecule has 116 valence electrons. The molecule has 2 heteroatoms. The number of rotatable bonds is 2. The second-order valence-corrected chi connectivity index (χ2v) is 7.08. The van der Waals surface area contributed by atoms with Crippen molar-refractivity contribution in [3.05, 3.63) is 29.3 Å². The first kappa shape index (κ1) is 14.9. The Balaban J connectivity index is 1.81. The molecule has 1 heterocycles. The summed E-state index contributed by atoms with van der Waals surface area (Å²) in [5, 5.41) is 3.98. The standard InChI is InChI=1S/C19H29NO/c1-13-7-5-10-17(15(13)3)20-18-11-6-12-21-19-14(2)8-4-9-16(18)19/h4,8-9,13,15,17-18,20H,5-7,10-12H2,1-3H3. The Hall–Kier alpha value is -1.02. The zero-order valence-corrected chi connectivity index (χ0v) is 13.7. The normalized spacial score (nSPS) is 32.9. The number of para-hydroxylation sites is 1. The number of ether oxygens (including phenoxy) is 1. The molecule has 2 aliphatic rings. The molecular weight excluding hydrogens is 258 g/mol. The summed E-state index contributed by atoms with van der Waals surface area (Å²) >= 11 is 0. The van der Waals surface area contributed by atoms with Crippen LogP contribution in [0.4, 0.5) is 0 Å². The van der Waals surface area contributed by atoms with Gasteiger partial charge < -0.3 is 10.1 Å². The SMILES string of the molecule is Cc1cccc2c1OCCCC2NC1CCCC(C)C1C. The van der Waals surface area contributed by atoms with Crippen LogP contribution >= 0.6 is 0 Å². The quantitative estimate of drug-likeness (QED) is 0.856. The van der Waals surface area contributed by atoms with Crippen LogP contribution in [-0.2, 0) is 0 Å². The summed E-state index contributed by atoms with van der Waals surface area (Å²) in [5.41, 5.74) is 2.64. The van der Waals surface area contributed by atoms with E-state index in [0.29, 0.717) is 12.1 Å². The lowest BCUT2D eigenvalue weighted by Crippen LogP contribution is -2.42. The molecule has 0 saturated heterocycles. The molecule has 1 N–H and O–H groups in total. The maximum absolute atomic E-state index is 6.01. The minimum Gasteiger partial charge on any atom is -0.493 e. The number of aryl methyl sites for hydroxylation is 1. The van der Waals surface area contributed by atoms with Crippen LogP contribution < -0.4 is 10.1 Å². The first-order chi connectivity index (χ1) is 10.2. The highest BCUT2D eigenvalue weighted by atomic mass is 16.5. The Labute approximate surface area is 129 Å². The van der Waals surface area contributed by atoms with Crippen LogP contribution in [0.3, 0.4) is 0 Å². The Morgan fingerprint density at radius 1 is 1.10 bits per heavy atom. The Morgan fingerprint density at radius 2 is 1.95 bits per heavy atom. The maximum atomic E-state index is 6.01. The van der Waals surface area contributed by atoms with Gasteiger partial charge in [-0.25, -0.2) is 0 Å². The largest absolute Gasteiger partial charge is 0.493 e. The van der Waals surface area contributed by atoms with E-state index in [1.54, 1.807) is 0 Å². The number of fused-ring (bicyclic) bond motifs is 1. The molecule has 0 amide bonds. The van der Waals surface area contributed by atoms with Gasteiger partial charge in [-0.05, 0) is 43.6 Å². The molecule has 0 aromatic heterocycles. The van der Waals surface area contributed by atoms with E-state index in [-0.39, 0.29) is 0 Å². The molecule has 1 aliphatic heterocycles. The summed E-state index contributed by atoms with van der Waals surface area (Å²) < 4.78 is 6.01. The molecule has 1 aliphatic carbocycles. The van der Waals surface area contributed by atoms with Gasteiger partial charge in [-0.2, -0.15) is 0 Å². The molecule has 1 aromatic carbocycles. The third-order valence-electron chi connectivity index (χ3n) is 5.62. The molecule has 4 atom stereocenters. The minimum atomic E-state index is 0.458. The van der Waals surface area contributed by atoms with Crippen molar-refractivity contribution in [1.29, 1.82) is 0 Å². The van der Waals surface area contributed by atoms with Crippen LogP contribution in [0.5, 0.6) is 5.75 Å². The van der Waals surface area contributed by atoms with Gasteiger partial charge in [-0.15, -0.1) is 0 Å². The fourth-order valence-corrected chi connectivity index (χ4v) is 4.01. The van der Waals surface area contributed by atoms with E-state index in [1.807, 2.05) is 0 Å². The van der Waals surface area contributed by atoms with E-state index in [0.717, 1.165) is 30.6 Å². The van der Waals surface area contributed by atoms with Crippen LogP contribution in [0.1, 0.15) is 63.1 Å². The highest BCUT2D eigenvalue weighted by Crippen LogP contribution is 2.37. The van der Waals surface area contributed by atoms with Crippen LogP contribution in [0.15, 0.2) is 18.2 Å². The highest BCUT2D eigenvalue weighted by Gasteiger charge is 2.30. The molecule has 2 nitrogen and oxygen atoms in total. The van der Waals surface area contributed by atoms with Crippen molar-refractivity contribution in [3.8, 4) is 5.75 Å². The average Bonchev–Trinajstić information content (AvgIpc) is 2.68. The van der Waals surface area contributed by atoms with Crippen molar-refractivity contribution in [2.24, 2.45) is 11.8 Å². The lowest BCUT2D eigenvalue weighted by molar-refractivity contribution is 0.191. The molecule has 0 spiro atoms. The number of hydrogen-bond acceptors (Lipinski definition) is 2. The number of nitrogens with one attached hydrogen (secondary N) is 1. The third-order valence-corrected chi connectivity index (χ3v) is 5.62. The molecule has 0 bridgehead atoms. The average molecular weight is 287 g/mol. The van der Waals surface area contributed by atoms with Crippen LogP contribution in [0.2, 0.25) is 0 Å². The van der Waals surface area contributed by atoms with Gasteiger partial charge in [0.15, 0.2) is 0 Å². The summed E-state index contributed by atoms with van der Waals surface area (Å²) in [4.78, 5) is 0. The van der Waals surface area contributed by atoms with Crippen molar-refractivity contribution in [1.82, 2.24) is 5.32 Å². The number of benzene rings is 1. The minimum absolute atomic E-state index is 0.458. The topological polar surface area (TPSA) is 21.3 Å². The van der Waals surface area contributed by atoms with Crippen LogP contribution in [0.25, 0.3) is 0 Å². The molecular formula is C19H29NO. The monoisotopic (exact) mass is 287 g/mol. The van der Waals surface area contributed by atoms with E-state index >= 15 is 0 Å². The molecule has 1 aromatic rings. The van der Waals surface area contributed by atoms with Crippen molar-refractivity contribution in [2.75, 3.05) is 6.61 Å². The lowest BCUT2D eigenvalue weighted by atomic mass is 9.77. The van der Waals surface area contributed by atoms with Crippen molar-refractivity contribution in [3.63, 3.8) is 0 Å². The molecule has 1 saturated carbocycles. The summed E-state index contributed by atoms with van der Waals surface area (Å²) in [6.45, 7) is 7.85. The fourth-order valence-electron chi connectivity index (χ4n) is 4.01. The summed E-state index contributed by atoms with van der Waals surface area (Å²) in [5.74, 6) is 2.75.